The van der Waals surface area contributed by atoms with E-state index in [4.69, 9.17) is 5.73 Å². The molecule has 0 spiro atoms. The summed E-state index contributed by atoms with van der Waals surface area (Å²) in [5.74, 6) is -0.637. The Hall–Kier alpha value is -2.41. The molecule has 1 aliphatic carbocycles. The number of nitrogens with one attached hydrogen (secondary N) is 2. The van der Waals surface area contributed by atoms with E-state index < -0.39 is 6.04 Å². The lowest BCUT2D eigenvalue weighted by Gasteiger charge is -2.23. The summed E-state index contributed by atoms with van der Waals surface area (Å²) in [4.78, 5) is 38.2. The van der Waals surface area contributed by atoms with E-state index in [1.807, 2.05) is 6.07 Å². The van der Waals surface area contributed by atoms with Gasteiger partial charge in [0.15, 0.2) is 0 Å². The van der Waals surface area contributed by atoms with Crippen molar-refractivity contribution in [1.82, 2.24) is 15.5 Å². The van der Waals surface area contributed by atoms with Gasteiger partial charge < -0.3 is 21.3 Å². The molecular weight excluding hydrogens is 308 g/mol. The molecule has 1 aromatic carbocycles. The number of carbonyl (C=O) groups excluding carboxylic acids is 3. The van der Waals surface area contributed by atoms with Crippen LogP contribution in [0.2, 0.25) is 0 Å². The Morgan fingerprint density at radius 3 is 2.42 bits per heavy atom. The molecule has 7 nitrogen and oxygen atoms in total. The molecule has 2 atom stereocenters. The smallest absolute Gasteiger partial charge is 0.251 e. The van der Waals surface area contributed by atoms with Crippen molar-refractivity contribution in [3.05, 3.63) is 35.9 Å². The molecule has 1 aliphatic heterocycles. The van der Waals surface area contributed by atoms with Gasteiger partial charge in [0.1, 0.15) is 6.04 Å². The van der Waals surface area contributed by atoms with Gasteiger partial charge in [0.25, 0.3) is 5.91 Å². The third kappa shape index (κ3) is 3.73. The van der Waals surface area contributed by atoms with Crippen LogP contribution in [0.4, 0.5) is 0 Å². The fourth-order valence-electron chi connectivity index (χ4n) is 2.97. The molecule has 2 aliphatic rings. The quantitative estimate of drug-likeness (QED) is 0.685. The third-order valence-electron chi connectivity index (χ3n) is 4.39. The number of benzene rings is 1. The SMILES string of the molecule is NCC(=O)N1CC(NC(=O)c2ccccc2)CC1C(=O)NC1CC1. The Labute approximate surface area is 140 Å². The maximum absolute atomic E-state index is 12.4. The summed E-state index contributed by atoms with van der Waals surface area (Å²) >= 11 is 0. The molecular formula is C17H22N4O3. The molecule has 0 aromatic heterocycles. The summed E-state index contributed by atoms with van der Waals surface area (Å²) in [6.45, 7) is 0.157. The summed E-state index contributed by atoms with van der Waals surface area (Å²) in [6.07, 6.45) is 2.37. The summed E-state index contributed by atoms with van der Waals surface area (Å²) in [6, 6.07) is 8.27. The first kappa shape index (κ1) is 16.4. The Kier molecular flexibility index (Phi) is 4.80. The van der Waals surface area contributed by atoms with Gasteiger partial charge in [-0.1, -0.05) is 18.2 Å². The minimum Gasteiger partial charge on any atom is -0.352 e. The Balaban J connectivity index is 1.65. The van der Waals surface area contributed by atoms with Gasteiger partial charge in [0.05, 0.1) is 6.54 Å². The number of nitrogens with two attached hydrogens (primary N) is 1. The van der Waals surface area contributed by atoms with E-state index in [9.17, 15) is 14.4 Å². The van der Waals surface area contributed by atoms with Crippen molar-refractivity contribution in [3.63, 3.8) is 0 Å². The van der Waals surface area contributed by atoms with Crippen molar-refractivity contribution < 1.29 is 14.4 Å². The molecule has 3 rings (SSSR count). The van der Waals surface area contributed by atoms with Crippen LogP contribution in [-0.2, 0) is 9.59 Å². The topological polar surface area (TPSA) is 105 Å². The van der Waals surface area contributed by atoms with Crippen molar-refractivity contribution in [2.45, 2.75) is 37.4 Å². The zero-order chi connectivity index (χ0) is 17.1. The molecule has 2 fully saturated rings. The summed E-state index contributed by atoms with van der Waals surface area (Å²) in [7, 11) is 0. The van der Waals surface area contributed by atoms with Crippen LogP contribution in [0.1, 0.15) is 29.6 Å². The second kappa shape index (κ2) is 7.00. The van der Waals surface area contributed by atoms with Crippen LogP contribution >= 0.6 is 0 Å². The second-order valence-corrected chi connectivity index (χ2v) is 6.32. The monoisotopic (exact) mass is 330 g/mol. The first-order valence-electron chi connectivity index (χ1n) is 8.24. The highest BCUT2D eigenvalue weighted by Gasteiger charge is 2.41. The molecule has 1 aromatic rings. The van der Waals surface area contributed by atoms with Crippen LogP contribution in [0, 0.1) is 0 Å². The van der Waals surface area contributed by atoms with E-state index in [0.717, 1.165) is 12.8 Å². The van der Waals surface area contributed by atoms with E-state index in [1.54, 1.807) is 24.3 Å². The first-order valence-corrected chi connectivity index (χ1v) is 8.24. The van der Waals surface area contributed by atoms with Gasteiger partial charge in [-0.25, -0.2) is 0 Å². The molecule has 4 N–H and O–H groups in total. The Morgan fingerprint density at radius 1 is 1.08 bits per heavy atom. The molecule has 0 bridgehead atoms. The summed E-state index contributed by atoms with van der Waals surface area (Å²) < 4.78 is 0. The zero-order valence-corrected chi connectivity index (χ0v) is 13.4. The Bertz CT molecular complexity index is 630. The fraction of sp³-hybridized carbons (Fsp3) is 0.471. The van der Waals surface area contributed by atoms with Crippen LogP contribution in [-0.4, -0.2) is 53.8 Å². The predicted molar refractivity (Wildman–Crippen MR) is 88.0 cm³/mol. The lowest BCUT2D eigenvalue weighted by Crippen LogP contribution is -2.48. The lowest BCUT2D eigenvalue weighted by molar-refractivity contribution is -0.137. The summed E-state index contributed by atoms with van der Waals surface area (Å²) in [5.41, 5.74) is 6.01. The summed E-state index contributed by atoms with van der Waals surface area (Å²) in [5, 5.41) is 5.83. The van der Waals surface area contributed by atoms with E-state index in [1.165, 1.54) is 4.90 Å². The first-order chi connectivity index (χ1) is 11.6. The predicted octanol–water partition coefficient (Wildman–Crippen LogP) is -0.377. The van der Waals surface area contributed by atoms with Gasteiger partial charge in [0, 0.05) is 24.2 Å². The molecule has 1 heterocycles. The number of nitrogens with zero attached hydrogens (tertiary/aromatic N) is 1. The molecule has 1 saturated carbocycles. The molecule has 7 heteroatoms. The Morgan fingerprint density at radius 2 is 1.79 bits per heavy atom. The van der Waals surface area contributed by atoms with Crippen molar-refractivity contribution >= 4 is 17.7 Å². The van der Waals surface area contributed by atoms with Crippen LogP contribution in [0.25, 0.3) is 0 Å². The highest BCUT2D eigenvalue weighted by Crippen LogP contribution is 2.23. The van der Waals surface area contributed by atoms with Crippen LogP contribution < -0.4 is 16.4 Å². The van der Waals surface area contributed by atoms with Gasteiger partial charge >= 0.3 is 0 Å². The van der Waals surface area contributed by atoms with E-state index >= 15 is 0 Å². The van der Waals surface area contributed by atoms with Crippen LogP contribution in [0.5, 0.6) is 0 Å². The molecule has 128 valence electrons. The standard InChI is InChI=1S/C17H22N4O3/c18-9-15(22)21-10-13(8-14(21)17(24)19-12-6-7-12)20-16(23)11-4-2-1-3-5-11/h1-5,12-14H,6-10,18H2,(H,19,24)(H,20,23). The lowest BCUT2D eigenvalue weighted by atomic mass is 10.1. The van der Waals surface area contributed by atoms with Crippen molar-refractivity contribution in [1.29, 1.82) is 0 Å². The fourth-order valence-corrected chi connectivity index (χ4v) is 2.97. The van der Waals surface area contributed by atoms with E-state index in [-0.39, 0.29) is 36.3 Å². The number of amides is 3. The zero-order valence-electron chi connectivity index (χ0n) is 13.4. The van der Waals surface area contributed by atoms with Crippen molar-refractivity contribution in [3.8, 4) is 0 Å². The maximum Gasteiger partial charge on any atom is 0.251 e. The molecule has 24 heavy (non-hydrogen) atoms. The third-order valence-corrected chi connectivity index (χ3v) is 4.39. The number of hydrogen-bond acceptors (Lipinski definition) is 4. The molecule has 2 unspecified atom stereocenters. The number of hydrogen-bond donors (Lipinski definition) is 3. The molecule has 3 amide bonds. The van der Waals surface area contributed by atoms with Gasteiger partial charge in [-0.3, -0.25) is 14.4 Å². The average molecular weight is 330 g/mol. The highest BCUT2D eigenvalue weighted by molar-refractivity contribution is 5.95. The van der Waals surface area contributed by atoms with Crippen LogP contribution in [0.15, 0.2) is 30.3 Å². The maximum atomic E-state index is 12.4. The van der Waals surface area contributed by atoms with Gasteiger partial charge in [-0.2, -0.15) is 0 Å². The number of carbonyl (C=O) groups is 3. The average Bonchev–Trinajstić information content (AvgIpc) is 3.31. The van der Waals surface area contributed by atoms with Gasteiger partial charge in [-0.15, -0.1) is 0 Å². The van der Waals surface area contributed by atoms with Crippen LogP contribution in [0.3, 0.4) is 0 Å². The second-order valence-electron chi connectivity index (χ2n) is 6.32. The highest BCUT2D eigenvalue weighted by atomic mass is 16.2. The van der Waals surface area contributed by atoms with E-state index in [2.05, 4.69) is 10.6 Å². The largest absolute Gasteiger partial charge is 0.352 e. The van der Waals surface area contributed by atoms with E-state index in [0.29, 0.717) is 18.5 Å². The van der Waals surface area contributed by atoms with Crippen molar-refractivity contribution in [2.75, 3.05) is 13.1 Å². The number of likely N-dealkylation sites (tertiary alicyclic amines) is 1. The van der Waals surface area contributed by atoms with Gasteiger partial charge in [0.2, 0.25) is 11.8 Å². The molecule has 0 radical (unpaired) electrons. The normalized spacial score (nSPS) is 23.0. The number of rotatable bonds is 5. The molecule has 1 saturated heterocycles. The van der Waals surface area contributed by atoms with Gasteiger partial charge in [-0.05, 0) is 31.4 Å². The van der Waals surface area contributed by atoms with Crippen molar-refractivity contribution in [2.24, 2.45) is 5.73 Å². The minimum atomic E-state index is -0.567. The minimum absolute atomic E-state index is 0.146.